The van der Waals surface area contributed by atoms with E-state index in [0.717, 1.165) is 13.0 Å². The maximum absolute atomic E-state index is 11.8. The molecule has 3 nitrogen and oxygen atoms in total. The zero-order valence-electron chi connectivity index (χ0n) is 10.5. The van der Waals surface area contributed by atoms with Crippen molar-refractivity contribution in [1.29, 1.82) is 0 Å². The van der Waals surface area contributed by atoms with E-state index in [2.05, 4.69) is 11.8 Å². The average molecular weight is 233 g/mol. The van der Waals surface area contributed by atoms with Gasteiger partial charge < -0.3 is 0 Å². The van der Waals surface area contributed by atoms with E-state index in [0.29, 0.717) is 0 Å². The predicted molar refractivity (Wildman–Crippen MR) is 63.8 cm³/mol. The molecule has 0 bridgehead atoms. The van der Waals surface area contributed by atoms with Gasteiger partial charge in [-0.1, -0.05) is 6.92 Å². The van der Waals surface area contributed by atoms with E-state index >= 15 is 0 Å². The van der Waals surface area contributed by atoms with Gasteiger partial charge in [-0.05, 0) is 40.7 Å². The van der Waals surface area contributed by atoms with E-state index in [1.54, 1.807) is 0 Å². The van der Waals surface area contributed by atoms with Gasteiger partial charge in [-0.2, -0.15) is 0 Å². The van der Waals surface area contributed by atoms with Crippen LogP contribution in [0.3, 0.4) is 0 Å². The Kier molecular flexibility index (Phi) is 3.23. The lowest BCUT2D eigenvalue weighted by atomic mass is 9.95. The molecular weight excluding hydrogens is 210 g/mol. The standard InChI is InChI=1S/C11H23NO2S/c1-6-7-12-10(2,3)8-15(13,14)9-11(12,4)5/h6-9H2,1-5H3. The van der Waals surface area contributed by atoms with Gasteiger partial charge in [-0.3, -0.25) is 4.90 Å². The van der Waals surface area contributed by atoms with Gasteiger partial charge in [-0.15, -0.1) is 0 Å². The van der Waals surface area contributed by atoms with E-state index in [1.807, 2.05) is 27.7 Å². The van der Waals surface area contributed by atoms with Crippen molar-refractivity contribution >= 4 is 9.84 Å². The van der Waals surface area contributed by atoms with Crippen LogP contribution in [-0.2, 0) is 9.84 Å². The molecule has 0 atom stereocenters. The van der Waals surface area contributed by atoms with Crippen molar-refractivity contribution < 1.29 is 8.42 Å². The van der Waals surface area contributed by atoms with Crippen LogP contribution < -0.4 is 0 Å². The Morgan fingerprint density at radius 2 is 1.47 bits per heavy atom. The summed E-state index contributed by atoms with van der Waals surface area (Å²) in [7, 11) is -2.89. The maximum atomic E-state index is 11.8. The molecule has 0 saturated carbocycles. The molecule has 0 N–H and O–H groups in total. The topological polar surface area (TPSA) is 37.4 Å². The van der Waals surface area contributed by atoms with E-state index in [4.69, 9.17) is 0 Å². The Bertz CT molecular complexity index is 306. The zero-order valence-corrected chi connectivity index (χ0v) is 11.3. The van der Waals surface area contributed by atoms with Gasteiger partial charge in [0, 0.05) is 11.1 Å². The molecule has 4 heteroatoms. The second-order valence-corrected chi connectivity index (χ2v) is 7.87. The summed E-state index contributed by atoms with van der Waals surface area (Å²) in [5, 5.41) is 0. The van der Waals surface area contributed by atoms with Gasteiger partial charge in [0.2, 0.25) is 0 Å². The predicted octanol–water partition coefficient (Wildman–Crippen LogP) is 1.68. The molecule has 0 aromatic heterocycles. The van der Waals surface area contributed by atoms with Gasteiger partial charge in [0.1, 0.15) is 0 Å². The monoisotopic (exact) mass is 233 g/mol. The third-order valence-electron chi connectivity index (χ3n) is 3.05. The summed E-state index contributed by atoms with van der Waals surface area (Å²) in [6.45, 7) is 11.2. The number of sulfone groups is 1. The fourth-order valence-corrected chi connectivity index (χ4v) is 5.50. The van der Waals surface area contributed by atoms with Gasteiger partial charge in [0.25, 0.3) is 0 Å². The van der Waals surface area contributed by atoms with Gasteiger partial charge >= 0.3 is 0 Å². The van der Waals surface area contributed by atoms with Crippen LogP contribution in [0.5, 0.6) is 0 Å². The molecule has 15 heavy (non-hydrogen) atoms. The Hall–Kier alpha value is -0.0900. The summed E-state index contributed by atoms with van der Waals surface area (Å²) in [6, 6.07) is 0. The Labute approximate surface area is 93.8 Å². The molecule has 1 aliphatic rings. The first-order valence-corrected chi connectivity index (χ1v) is 7.41. The van der Waals surface area contributed by atoms with Crippen LogP contribution in [0.2, 0.25) is 0 Å². The van der Waals surface area contributed by atoms with Crippen LogP contribution >= 0.6 is 0 Å². The van der Waals surface area contributed by atoms with Crippen molar-refractivity contribution in [2.75, 3.05) is 18.1 Å². The molecule has 90 valence electrons. The normalized spacial score (nSPS) is 28.9. The summed E-state index contributed by atoms with van der Waals surface area (Å²) in [4.78, 5) is 2.33. The molecule has 1 rings (SSSR count). The van der Waals surface area contributed by atoms with Crippen LogP contribution in [0.4, 0.5) is 0 Å². The number of hydrogen-bond donors (Lipinski definition) is 0. The van der Waals surface area contributed by atoms with Crippen molar-refractivity contribution in [3.05, 3.63) is 0 Å². The molecule has 1 saturated heterocycles. The van der Waals surface area contributed by atoms with Crippen LogP contribution in [0.15, 0.2) is 0 Å². The van der Waals surface area contributed by atoms with Gasteiger partial charge in [0.05, 0.1) is 11.5 Å². The Morgan fingerprint density at radius 1 is 1.07 bits per heavy atom. The molecule has 0 aromatic carbocycles. The lowest BCUT2D eigenvalue weighted by Crippen LogP contribution is -2.65. The minimum atomic E-state index is -2.89. The molecule has 0 radical (unpaired) electrons. The molecule has 0 aromatic rings. The Morgan fingerprint density at radius 3 is 1.80 bits per heavy atom. The minimum absolute atomic E-state index is 0.239. The summed E-state index contributed by atoms with van der Waals surface area (Å²) < 4.78 is 23.6. The molecule has 0 amide bonds. The van der Waals surface area contributed by atoms with E-state index in [9.17, 15) is 8.42 Å². The zero-order chi connectivity index (χ0) is 11.9. The van der Waals surface area contributed by atoms with Crippen molar-refractivity contribution in [2.24, 2.45) is 0 Å². The molecule has 1 aliphatic heterocycles. The molecule has 0 spiro atoms. The number of hydrogen-bond acceptors (Lipinski definition) is 3. The minimum Gasteiger partial charge on any atom is -0.291 e. The number of nitrogens with zero attached hydrogens (tertiary/aromatic N) is 1. The molecular formula is C11H23NO2S. The first-order chi connectivity index (χ1) is 6.61. The summed E-state index contributed by atoms with van der Waals surface area (Å²) >= 11 is 0. The average Bonchev–Trinajstić information content (AvgIpc) is 1.92. The molecule has 1 heterocycles. The Balaban J connectivity index is 3.06. The first-order valence-electron chi connectivity index (χ1n) is 5.59. The smallest absolute Gasteiger partial charge is 0.153 e. The molecule has 0 unspecified atom stereocenters. The highest BCUT2D eigenvalue weighted by Gasteiger charge is 2.47. The van der Waals surface area contributed by atoms with Gasteiger partial charge in [0.15, 0.2) is 9.84 Å². The fraction of sp³-hybridized carbons (Fsp3) is 1.00. The largest absolute Gasteiger partial charge is 0.291 e. The van der Waals surface area contributed by atoms with E-state index in [-0.39, 0.29) is 22.6 Å². The van der Waals surface area contributed by atoms with Crippen molar-refractivity contribution in [3.8, 4) is 0 Å². The summed E-state index contributed by atoms with van der Waals surface area (Å²) in [6.07, 6.45) is 1.06. The quantitative estimate of drug-likeness (QED) is 0.728. The molecule has 0 aliphatic carbocycles. The highest BCUT2D eigenvalue weighted by atomic mass is 32.2. The number of rotatable bonds is 2. The first kappa shape index (κ1) is 13.0. The van der Waals surface area contributed by atoms with E-state index in [1.165, 1.54) is 0 Å². The second kappa shape index (κ2) is 3.74. The van der Waals surface area contributed by atoms with Crippen LogP contribution in [0.25, 0.3) is 0 Å². The third kappa shape index (κ3) is 2.72. The highest BCUT2D eigenvalue weighted by Crippen LogP contribution is 2.33. The van der Waals surface area contributed by atoms with Crippen molar-refractivity contribution in [2.45, 2.75) is 52.1 Å². The molecule has 1 fully saturated rings. The summed E-state index contributed by atoms with van der Waals surface area (Å²) in [5.41, 5.74) is -0.479. The maximum Gasteiger partial charge on any atom is 0.153 e. The SMILES string of the molecule is CCCN1C(C)(C)CS(=O)(=O)CC1(C)C. The van der Waals surface area contributed by atoms with Crippen LogP contribution in [-0.4, -0.2) is 42.4 Å². The van der Waals surface area contributed by atoms with Crippen molar-refractivity contribution in [3.63, 3.8) is 0 Å². The van der Waals surface area contributed by atoms with Gasteiger partial charge in [-0.25, -0.2) is 8.42 Å². The second-order valence-electron chi connectivity index (χ2n) is 5.81. The lowest BCUT2D eigenvalue weighted by molar-refractivity contribution is 0.0338. The summed E-state index contributed by atoms with van der Waals surface area (Å²) in [5.74, 6) is 0.562. The van der Waals surface area contributed by atoms with Crippen LogP contribution in [0.1, 0.15) is 41.0 Å². The van der Waals surface area contributed by atoms with E-state index < -0.39 is 9.84 Å². The fourth-order valence-electron chi connectivity index (χ4n) is 2.93. The highest BCUT2D eigenvalue weighted by molar-refractivity contribution is 7.91. The van der Waals surface area contributed by atoms with Crippen molar-refractivity contribution in [1.82, 2.24) is 4.90 Å². The lowest BCUT2D eigenvalue weighted by Gasteiger charge is -2.52. The van der Waals surface area contributed by atoms with Crippen LogP contribution in [0, 0.1) is 0 Å². The third-order valence-corrected chi connectivity index (χ3v) is 5.35.